The van der Waals surface area contributed by atoms with Crippen molar-refractivity contribution in [3.63, 3.8) is 0 Å². The fourth-order valence-corrected chi connectivity index (χ4v) is 3.04. The molecular formula is C13H21NOS. The van der Waals surface area contributed by atoms with Crippen LogP contribution in [0.25, 0.3) is 0 Å². The van der Waals surface area contributed by atoms with Gasteiger partial charge in [0, 0.05) is 9.75 Å². The van der Waals surface area contributed by atoms with Crippen LogP contribution in [0.5, 0.6) is 0 Å². The summed E-state index contributed by atoms with van der Waals surface area (Å²) in [5.74, 6) is 0.838. The van der Waals surface area contributed by atoms with E-state index in [4.69, 9.17) is 4.74 Å². The zero-order chi connectivity index (χ0) is 11.4. The summed E-state index contributed by atoms with van der Waals surface area (Å²) in [5, 5.41) is 3.22. The molecule has 1 N–H and O–H groups in total. The molecule has 1 aliphatic rings. The van der Waals surface area contributed by atoms with Crippen LogP contribution in [0.3, 0.4) is 0 Å². The lowest BCUT2D eigenvalue weighted by Crippen LogP contribution is -2.36. The Hall–Kier alpha value is -0.380. The van der Waals surface area contributed by atoms with Gasteiger partial charge in [-0.1, -0.05) is 6.92 Å². The largest absolute Gasteiger partial charge is 0.373 e. The predicted molar refractivity (Wildman–Crippen MR) is 68.9 cm³/mol. The van der Waals surface area contributed by atoms with Crippen LogP contribution in [0.2, 0.25) is 0 Å². The van der Waals surface area contributed by atoms with E-state index in [1.807, 2.05) is 18.4 Å². The van der Waals surface area contributed by atoms with Crippen molar-refractivity contribution in [3.05, 3.63) is 21.9 Å². The molecule has 0 spiro atoms. The predicted octanol–water partition coefficient (Wildman–Crippen LogP) is 2.83. The zero-order valence-corrected chi connectivity index (χ0v) is 11.0. The molecule has 0 amide bonds. The molecule has 1 saturated carbocycles. The van der Waals surface area contributed by atoms with Gasteiger partial charge in [0.05, 0.1) is 12.7 Å². The Labute approximate surface area is 102 Å². The van der Waals surface area contributed by atoms with Crippen LogP contribution < -0.4 is 5.32 Å². The van der Waals surface area contributed by atoms with E-state index >= 15 is 0 Å². The Bertz CT molecular complexity index is 317. The molecule has 16 heavy (non-hydrogen) atoms. The third-order valence-corrected chi connectivity index (χ3v) is 4.42. The molecule has 2 rings (SSSR count). The van der Waals surface area contributed by atoms with Gasteiger partial charge in [0.25, 0.3) is 0 Å². The first-order valence-electron chi connectivity index (χ1n) is 6.15. The third-order valence-electron chi connectivity index (χ3n) is 3.21. The minimum absolute atomic E-state index is 0.505. The van der Waals surface area contributed by atoms with Crippen LogP contribution in [-0.2, 0) is 17.8 Å². The van der Waals surface area contributed by atoms with Gasteiger partial charge in [0.1, 0.15) is 0 Å². The maximum atomic E-state index is 5.88. The highest BCUT2D eigenvalue weighted by atomic mass is 32.1. The van der Waals surface area contributed by atoms with Crippen molar-refractivity contribution >= 4 is 11.3 Å². The minimum Gasteiger partial charge on any atom is -0.373 e. The molecule has 3 heteroatoms. The van der Waals surface area contributed by atoms with E-state index in [1.165, 1.54) is 22.6 Å². The van der Waals surface area contributed by atoms with E-state index in [0.29, 0.717) is 6.10 Å². The molecule has 0 atom stereocenters. The Balaban J connectivity index is 1.65. The highest BCUT2D eigenvalue weighted by molar-refractivity contribution is 7.11. The van der Waals surface area contributed by atoms with E-state index in [9.17, 15) is 0 Å². The average Bonchev–Trinajstić information content (AvgIpc) is 2.69. The summed E-state index contributed by atoms with van der Waals surface area (Å²) >= 11 is 1.88. The van der Waals surface area contributed by atoms with Crippen molar-refractivity contribution in [2.75, 3.05) is 13.6 Å². The van der Waals surface area contributed by atoms with E-state index < -0.39 is 0 Å². The van der Waals surface area contributed by atoms with Gasteiger partial charge in [-0.05, 0) is 50.9 Å². The number of rotatable bonds is 6. The lowest BCUT2D eigenvalue weighted by Gasteiger charge is -2.34. The van der Waals surface area contributed by atoms with Gasteiger partial charge in [0.15, 0.2) is 0 Å². The van der Waals surface area contributed by atoms with Gasteiger partial charge < -0.3 is 10.1 Å². The first-order valence-corrected chi connectivity index (χ1v) is 6.97. The summed E-state index contributed by atoms with van der Waals surface area (Å²) < 4.78 is 5.88. The second-order valence-electron chi connectivity index (χ2n) is 4.55. The normalized spacial score (nSPS) is 24.4. The van der Waals surface area contributed by atoms with Crippen LogP contribution in [-0.4, -0.2) is 19.7 Å². The SMILES string of the molecule is CCc1ccc(COC2CC(CNC)C2)s1. The van der Waals surface area contributed by atoms with Crippen molar-refractivity contribution in [2.45, 2.75) is 38.9 Å². The number of nitrogens with one attached hydrogen (secondary N) is 1. The van der Waals surface area contributed by atoms with Crippen molar-refractivity contribution in [3.8, 4) is 0 Å². The van der Waals surface area contributed by atoms with Gasteiger partial charge in [0.2, 0.25) is 0 Å². The highest BCUT2D eigenvalue weighted by Crippen LogP contribution is 2.30. The van der Waals surface area contributed by atoms with Gasteiger partial charge >= 0.3 is 0 Å². The standard InChI is InChI=1S/C13H21NOS/c1-3-12-4-5-13(16-12)9-15-11-6-10(7-11)8-14-2/h4-5,10-11,14H,3,6-9H2,1-2H3. The molecule has 0 bridgehead atoms. The summed E-state index contributed by atoms with van der Waals surface area (Å²) in [4.78, 5) is 2.83. The molecule has 1 aliphatic carbocycles. The molecule has 90 valence electrons. The first-order chi connectivity index (χ1) is 7.81. The van der Waals surface area contributed by atoms with Crippen LogP contribution >= 0.6 is 11.3 Å². The minimum atomic E-state index is 0.505. The second kappa shape index (κ2) is 5.80. The number of thiophene rings is 1. The number of aryl methyl sites for hydroxylation is 1. The maximum Gasteiger partial charge on any atom is 0.0813 e. The Morgan fingerprint density at radius 3 is 2.75 bits per heavy atom. The average molecular weight is 239 g/mol. The van der Waals surface area contributed by atoms with Crippen LogP contribution in [0.15, 0.2) is 12.1 Å². The van der Waals surface area contributed by atoms with Gasteiger partial charge in [-0.2, -0.15) is 0 Å². The van der Waals surface area contributed by atoms with Crippen molar-refractivity contribution < 1.29 is 4.74 Å². The van der Waals surface area contributed by atoms with E-state index in [1.54, 1.807) is 0 Å². The molecule has 1 aromatic heterocycles. The summed E-state index contributed by atoms with van der Waals surface area (Å²) in [6.07, 6.45) is 4.10. The highest BCUT2D eigenvalue weighted by Gasteiger charge is 2.28. The van der Waals surface area contributed by atoms with Crippen LogP contribution in [0, 0.1) is 5.92 Å². The Kier molecular flexibility index (Phi) is 4.38. The molecule has 0 unspecified atom stereocenters. The van der Waals surface area contributed by atoms with Crippen molar-refractivity contribution in [1.82, 2.24) is 5.32 Å². The summed E-state index contributed by atoms with van der Waals surface area (Å²) in [6.45, 7) is 4.14. The molecule has 0 saturated heterocycles. The van der Waals surface area contributed by atoms with E-state index in [0.717, 1.165) is 25.5 Å². The van der Waals surface area contributed by atoms with Gasteiger partial charge in [-0.3, -0.25) is 0 Å². The molecule has 0 aromatic carbocycles. The van der Waals surface area contributed by atoms with E-state index in [-0.39, 0.29) is 0 Å². The number of ether oxygens (including phenoxy) is 1. The van der Waals surface area contributed by atoms with Crippen LogP contribution in [0.4, 0.5) is 0 Å². The third kappa shape index (κ3) is 3.06. The fourth-order valence-electron chi connectivity index (χ4n) is 2.16. The van der Waals surface area contributed by atoms with E-state index in [2.05, 4.69) is 24.4 Å². The second-order valence-corrected chi connectivity index (χ2v) is 5.80. The maximum absolute atomic E-state index is 5.88. The smallest absolute Gasteiger partial charge is 0.0813 e. The summed E-state index contributed by atoms with van der Waals surface area (Å²) in [6, 6.07) is 4.42. The zero-order valence-electron chi connectivity index (χ0n) is 10.2. The lowest BCUT2D eigenvalue weighted by molar-refractivity contribution is -0.0381. The first kappa shape index (κ1) is 12.1. The molecule has 1 fully saturated rings. The molecule has 2 nitrogen and oxygen atoms in total. The molecule has 1 aromatic rings. The Morgan fingerprint density at radius 2 is 2.12 bits per heavy atom. The molecule has 1 heterocycles. The van der Waals surface area contributed by atoms with Crippen LogP contribution in [0.1, 0.15) is 29.5 Å². The topological polar surface area (TPSA) is 21.3 Å². The fraction of sp³-hybridized carbons (Fsp3) is 0.692. The number of hydrogen-bond donors (Lipinski definition) is 1. The Morgan fingerprint density at radius 1 is 1.38 bits per heavy atom. The molecule has 0 aliphatic heterocycles. The summed E-state index contributed by atoms with van der Waals surface area (Å²) in [5.41, 5.74) is 0. The quantitative estimate of drug-likeness (QED) is 0.824. The van der Waals surface area contributed by atoms with Gasteiger partial charge in [-0.15, -0.1) is 11.3 Å². The lowest BCUT2D eigenvalue weighted by atomic mass is 9.82. The molecule has 0 radical (unpaired) electrons. The monoisotopic (exact) mass is 239 g/mol. The van der Waals surface area contributed by atoms with Crippen molar-refractivity contribution in [1.29, 1.82) is 0 Å². The summed E-state index contributed by atoms with van der Waals surface area (Å²) in [7, 11) is 2.02. The van der Waals surface area contributed by atoms with Gasteiger partial charge in [-0.25, -0.2) is 0 Å². The number of hydrogen-bond acceptors (Lipinski definition) is 3. The van der Waals surface area contributed by atoms with Crippen molar-refractivity contribution in [2.24, 2.45) is 5.92 Å². The molecular weight excluding hydrogens is 218 g/mol.